The zero-order chi connectivity index (χ0) is 9.84. The molecule has 0 bridgehead atoms. The third-order valence-corrected chi connectivity index (χ3v) is 2.23. The summed E-state index contributed by atoms with van der Waals surface area (Å²) in [4.78, 5) is 19.5. The topological polar surface area (TPSA) is 42.9 Å². The highest BCUT2D eigenvalue weighted by molar-refractivity contribution is 5.95. The van der Waals surface area contributed by atoms with Gasteiger partial charge in [-0.1, -0.05) is 20.8 Å². The van der Waals surface area contributed by atoms with E-state index in [-0.39, 0.29) is 11.7 Å². The van der Waals surface area contributed by atoms with Crippen molar-refractivity contribution in [3.63, 3.8) is 0 Å². The number of carbonyl (C=O) groups excluding carboxylic acids is 1. The molecular formula is C10H14N2O. The largest absolute Gasteiger partial charge is 0.292 e. The SMILES string of the molecule is CC(C)C(C)C(=O)c1cnccn1. The molecule has 0 radical (unpaired) electrons. The van der Waals surface area contributed by atoms with Gasteiger partial charge >= 0.3 is 0 Å². The predicted molar refractivity (Wildman–Crippen MR) is 50.4 cm³/mol. The van der Waals surface area contributed by atoms with Crippen molar-refractivity contribution in [1.82, 2.24) is 9.97 Å². The van der Waals surface area contributed by atoms with Crippen molar-refractivity contribution in [1.29, 1.82) is 0 Å². The van der Waals surface area contributed by atoms with Crippen molar-refractivity contribution in [3.8, 4) is 0 Å². The van der Waals surface area contributed by atoms with Crippen molar-refractivity contribution >= 4 is 5.78 Å². The average molecular weight is 178 g/mol. The Morgan fingerprint density at radius 2 is 2.00 bits per heavy atom. The summed E-state index contributed by atoms with van der Waals surface area (Å²) in [6.45, 7) is 5.97. The van der Waals surface area contributed by atoms with E-state index in [1.807, 2.05) is 20.8 Å². The molecule has 0 aliphatic rings. The van der Waals surface area contributed by atoms with Gasteiger partial charge in [-0.25, -0.2) is 4.98 Å². The number of hydrogen-bond acceptors (Lipinski definition) is 3. The standard InChI is InChI=1S/C10H14N2O/c1-7(2)8(3)10(13)9-6-11-4-5-12-9/h4-8H,1-3H3. The fourth-order valence-electron chi connectivity index (χ4n) is 0.962. The molecule has 3 nitrogen and oxygen atoms in total. The molecule has 1 atom stereocenters. The van der Waals surface area contributed by atoms with Gasteiger partial charge in [0, 0.05) is 18.3 Å². The number of carbonyl (C=O) groups is 1. The molecule has 0 aliphatic heterocycles. The molecule has 1 rings (SSSR count). The lowest BCUT2D eigenvalue weighted by Gasteiger charge is -2.12. The van der Waals surface area contributed by atoms with E-state index < -0.39 is 0 Å². The smallest absolute Gasteiger partial charge is 0.185 e. The Morgan fingerprint density at radius 1 is 1.31 bits per heavy atom. The molecule has 0 aromatic carbocycles. The van der Waals surface area contributed by atoms with Gasteiger partial charge in [0.2, 0.25) is 0 Å². The van der Waals surface area contributed by atoms with Gasteiger partial charge in [-0.2, -0.15) is 0 Å². The zero-order valence-electron chi connectivity index (χ0n) is 8.19. The Kier molecular flexibility index (Phi) is 3.12. The molecule has 13 heavy (non-hydrogen) atoms. The first-order valence-corrected chi connectivity index (χ1v) is 4.43. The van der Waals surface area contributed by atoms with Gasteiger partial charge in [0.15, 0.2) is 5.78 Å². The van der Waals surface area contributed by atoms with Crippen LogP contribution in [0.5, 0.6) is 0 Å². The number of aromatic nitrogens is 2. The molecular weight excluding hydrogens is 164 g/mol. The van der Waals surface area contributed by atoms with Crippen molar-refractivity contribution < 1.29 is 4.79 Å². The van der Waals surface area contributed by atoms with E-state index in [0.717, 1.165) is 0 Å². The van der Waals surface area contributed by atoms with Crippen LogP contribution in [0.4, 0.5) is 0 Å². The minimum Gasteiger partial charge on any atom is -0.292 e. The second-order valence-corrected chi connectivity index (χ2v) is 3.49. The fraction of sp³-hybridized carbons (Fsp3) is 0.500. The van der Waals surface area contributed by atoms with E-state index in [9.17, 15) is 4.79 Å². The summed E-state index contributed by atoms with van der Waals surface area (Å²) in [5, 5.41) is 0. The van der Waals surface area contributed by atoms with Crippen molar-refractivity contribution in [2.24, 2.45) is 11.8 Å². The maximum absolute atomic E-state index is 11.7. The second-order valence-electron chi connectivity index (χ2n) is 3.49. The van der Waals surface area contributed by atoms with E-state index in [1.54, 1.807) is 12.4 Å². The van der Waals surface area contributed by atoms with Gasteiger partial charge in [0.1, 0.15) is 5.69 Å². The molecule has 0 fully saturated rings. The first-order chi connectivity index (χ1) is 6.13. The van der Waals surface area contributed by atoms with E-state index in [2.05, 4.69) is 9.97 Å². The Balaban J connectivity index is 2.80. The first kappa shape index (κ1) is 9.84. The highest BCUT2D eigenvalue weighted by Crippen LogP contribution is 2.14. The lowest BCUT2D eigenvalue weighted by Crippen LogP contribution is -2.18. The van der Waals surface area contributed by atoms with Gasteiger partial charge in [0.05, 0.1) is 6.20 Å². The normalized spacial score (nSPS) is 12.9. The summed E-state index contributed by atoms with van der Waals surface area (Å²) in [5.74, 6) is 0.425. The molecule has 1 unspecified atom stereocenters. The number of nitrogens with zero attached hydrogens (tertiary/aromatic N) is 2. The van der Waals surface area contributed by atoms with Crippen LogP contribution in [-0.2, 0) is 0 Å². The minimum absolute atomic E-state index is 0.0108. The molecule has 0 N–H and O–H groups in total. The molecule has 3 heteroatoms. The summed E-state index contributed by atoms with van der Waals surface area (Å²) in [6, 6.07) is 0. The van der Waals surface area contributed by atoms with Crippen LogP contribution in [0.3, 0.4) is 0 Å². The molecule has 1 heterocycles. The fourth-order valence-corrected chi connectivity index (χ4v) is 0.962. The molecule has 1 aromatic rings. The lowest BCUT2D eigenvalue weighted by molar-refractivity contribution is 0.0894. The van der Waals surface area contributed by atoms with Gasteiger partial charge in [0.25, 0.3) is 0 Å². The maximum atomic E-state index is 11.7. The second kappa shape index (κ2) is 4.12. The van der Waals surface area contributed by atoms with Crippen molar-refractivity contribution in [2.75, 3.05) is 0 Å². The third-order valence-electron chi connectivity index (χ3n) is 2.23. The molecule has 0 saturated heterocycles. The lowest BCUT2D eigenvalue weighted by atomic mass is 9.92. The number of ketones is 1. The Hall–Kier alpha value is -1.25. The molecule has 0 aliphatic carbocycles. The third kappa shape index (κ3) is 2.34. The van der Waals surface area contributed by atoms with Crippen LogP contribution in [0.25, 0.3) is 0 Å². The predicted octanol–water partition coefficient (Wildman–Crippen LogP) is 1.95. The maximum Gasteiger partial charge on any atom is 0.185 e. The van der Waals surface area contributed by atoms with Gasteiger partial charge in [-0.3, -0.25) is 9.78 Å². The summed E-state index contributed by atoms with van der Waals surface area (Å²) in [6.07, 6.45) is 4.62. The number of hydrogen-bond donors (Lipinski definition) is 0. The highest BCUT2D eigenvalue weighted by atomic mass is 16.1. The highest BCUT2D eigenvalue weighted by Gasteiger charge is 2.19. The van der Waals surface area contributed by atoms with Crippen LogP contribution in [-0.4, -0.2) is 15.8 Å². The Morgan fingerprint density at radius 3 is 2.46 bits per heavy atom. The monoisotopic (exact) mass is 178 g/mol. The van der Waals surface area contributed by atoms with E-state index in [1.165, 1.54) is 6.20 Å². The average Bonchev–Trinajstić information content (AvgIpc) is 2.17. The Labute approximate surface area is 78.2 Å². The van der Waals surface area contributed by atoms with Crippen LogP contribution in [0.2, 0.25) is 0 Å². The van der Waals surface area contributed by atoms with Crippen molar-refractivity contribution in [2.45, 2.75) is 20.8 Å². The summed E-state index contributed by atoms with van der Waals surface area (Å²) < 4.78 is 0. The summed E-state index contributed by atoms with van der Waals surface area (Å²) in [5.41, 5.74) is 0.462. The van der Waals surface area contributed by atoms with Crippen LogP contribution in [0, 0.1) is 11.8 Å². The first-order valence-electron chi connectivity index (χ1n) is 4.43. The zero-order valence-corrected chi connectivity index (χ0v) is 8.19. The summed E-state index contributed by atoms with van der Waals surface area (Å²) in [7, 11) is 0. The molecule has 0 amide bonds. The molecule has 70 valence electrons. The van der Waals surface area contributed by atoms with E-state index in [0.29, 0.717) is 11.6 Å². The van der Waals surface area contributed by atoms with Crippen LogP contribution >= 0.6 is 0 Å². The van der Waals surface area contributed by atoms with E-state index >= 15 is 0 Å². The molecule has 0 spiro atoms. The quantitative estimate of drug-likeness (QED) is 0.664. The molecule has 1 aromatic heterocycles. The van der Waals surface area contributed by atoms with Crippen LogP contribution in [0.15, 0.2) is 18.6 Å². The van der Waals surface area contributed by atoms with Crippen molar-refractivity contribution in [3.05, 3.63) is 24.3 Å². The van der Waals surface area contributed by atoms with Crippen LogP contribution in [0.1, 0.15) is 31.3 Å². The number of Topliss-reactive ketones (excluding diaryl/α,β-unsaturated/α-hetero) is 1. The van der Waals surface area contributed by atoms with Gasteiger partial charge in [-0.05, 0) is 5.92 Å². The van der Waals surface area contributed by atoms with Gasteiger partial charge < -0.3 is 0 Å². The minimum atomic E-state index is 0.0108. The van der Waals surface area contributed by atoms with Crippen LogP contribution < -0.4 is 0 Å². The number of rotatable bonds is 3. The van der Waals surface area contributed by atoms with E-state index in [4.69, 9.17) is 0 Å². The Bertz CT molecular complexity index is 282. The summed E-state index contributed by atoms with van der Waals surface area (Å²) >= 11 is 0. The molecule has 0 saturated carbocycles. The van der Waals surface area contributed by atoms with Gasteiger partial charge in [-0.15, -0.1) is 0 Å².